The molecule has 7 nitrogen and oxygen atoms in total. The number of hydrogen-bond acceptors (Lipinski definition) is 5. The Labute approximate surface area is 148 Å². The molecule has 24 heavy (non-hydrogen) atoms. The lowest BCUT2D eigenvalue weighted by molar-refractivity contribution is -0.146. The third-order valence-electron chi connectivity index (χ3n) is 3.84. The normalized spacial score (nSPS) is 18.0. The smallest absolute Gasteiger partial charge is 0.307 e. The van der Waals surface area contributed by atoms with Crippen molar-refractivity contribution in [3.05, 3.63) is 28.2 Å². The Hall–Kier alpha value is -1.93. The summed E-state index contributed by atoms with van der Waals surface area (Å²) in [5.74, 6) is -0.976. The van der Waals surface area contributed by atoms with Gasteiger partial charge in [0.1, 0.15) is 6.04 Å². The van der Waals surface area contributed by atoms with Gasteiger partial charge in [-0.15, -0.1) is 0 Å². The molecule has 0 unspecified atom stereocenters. The minimum Gasteiger partial charge on any atom is -0.469 e. The van der Waals surface area contributed by atoms with Gasteiger partial charge in [0.05, 0.1) is 20.1 Å². The van der Waals surface area contributed by atoms with Crippen LogP contribution < -0.4 is 10.6 Å². The zero-order chi connectivity index (χ0) is 17.7. The molecule has 8 heteroatoms. The number of ether oxygens (including phenoxy) is 1. The van der Waals surface area contributed by atoms with E-state index in [-0.39, 0.29) is 24.8 Å². The van der Waals surface area contributed by atoms with Crippen molar-refractivity contribution in [3.63, 3.8) is 0 Å². The van der Waals surface area contributed by atoms with Crippen molar-refractivity contribution in [1.82, 2.24) is 10.2 Å². The van der Waals surface area contributed by atoms with Crippen molar-refractivity contribution in [2.45, 2.75) is 19.4 Å². The maximum absolute atomic E-state index is 12.3. The summed E-state index contributed by atoms with van der Waals surface area (Å²) >= 11 is 3.38. The van der Waals surface area contributed by atoms with Gasteiger partial charge in [-0.25, -0.2) is 0 Å². The number of rotatable bonds is 5. The quantitative estimate of drug-likeness (QED) is 0.725. The van der Waals surface area contributed by atoms with Gasteiger partial charge < -0.3 is 15.4 Å². The topological polar surface area (TPSA) is 87.7 Å². The van der Waals surface area contributed by atoms with Crippen LogP contribution >= 0.6 is 15.9 Å². The maximum atomic E-state index is 12.3. The summed E-state index contributed by atoms with van der Waals surface area (Å²) in [5, 5.41) is 5.54. The van der Waals surface area contributed by atoms with E-state index < -0.39 is 12.0 Å². The molecule has 0 aliphatic carbocycles. The van der Waals surface area contributed by atoms with Crippen molar-refractivity contribution in [2.24, 2.45) is 0 Å². The van der Waals surface area contributed by atoms with Crippen LogP contribution in [0.5, 0.6) is 0 Å². The number of benzene rings is 1. The Morgan fingerprint density at radius 3 is 2.88 bits per heavy atom. The highest BCUT2D eigenvalue weighted by atomic mass is 79.9. The van der Waals surface area contributed by atoms with Gasteiger partial charge in [-0.05, 0) is 30.7 Å². The van der Waals surface area contributed by atoms with Crippen molar-refractivity contribution in [3.8, 4) is 0 Å². The number of aryl methyl sites for hydroxylation is 1. The van der Waals surface area contributed by atoms with Crippen LogP contribution in [-0.4, -0.2) is 55.5 Å². The minimum absolute atomic E-state index is 0.0323. The standard InChI is InChI=1S/C16H20BrN3O4/c1-10-7-11(17)3-4-12(10)19-14(21)9-20-6-5-18-16(23)13(20)8-15(22)24-2/h3-4,7,13H,5-6,8-9H2,1-2H3,(H,18,23)(H,19,21)/t13-/m1/s1. The summed E-state index contributed by atoms with van der Waals surface area (Å²) < 4.78 is 5.56. The van der Waals surface area contributed by atoms with E-state index >= 15 is 0 Å². The van der Waals surface area contributed by atoms with Crippen LogP contribution in [0.4, 0.5) is 5.69 Å². The number of piperazine rings is 1. The number of hydrogen-bond donors (Lipinski definition) is 2. The van der Waals surface area contributed by atoms with Crippen molar-refractivity contribution in [1.29, 1.82) is 0 Å². The Morgan fingerprint density at radius 2 is 2.21 bits per heavy atom. The summed E-state index contributed by atoms with van der Waals surface area (Å²) in [6.45, 7) is 2.88. The number of amides is 2. The largest absolute Gasteiger partial charge is 0.469 e. The summed E-state index contributed by atoms with van der Waals surface area (Å²) in [6, 6.07) is 4.87. The molecule has 1 aromatic carbocycles. The van der Waals surface area contributed by atoms with E-state index in [1.54, 1.807) is 4.90 Å². The number of halogens is 1. The number of esters is 1. The molecule has 130 valence electrons. The zero-order valence-corrected chi connectivity index (χ0v) is 15.2. The van der Waals surface area contributed by atoms with Gasteiger partial charge in [-0.1, -0.05) is 15.9 Å². The number of carbonyl (C=O) groups excluding carboxylic acids is 3. The van der Waals surface area contributed by atoms with Crippen LogP contribution in [0, 0.1) is 6.92 Å². The van der Waals surface area contributed by atoms with Crippen LogP contribution in [0.15, 0.2) is 22.7 Å². The molecule has 0 radical (unpaired) electrons. The lowest BCUT2D eigenvalue weighted by Crippen LogP contribution is -2.57. The first kappa shape index (κ1) is 18.4. The zero-order valence-electron chi connectivity index (χ0n) is 13.6. The van der Waals surface area contributed by atoms with Crippen LogP contribution in [0.25, 0.3) is 0 Å². The van der Waals surface area contributed by atoms with E-state index in [1.807, 2.05) is 25.1 Å². The van der Waals surface area contributed by atoms with Gasteiger partial charge in [0.15, 0.2) is 0 Å². The molecule has 0 saturated carbocycles. The molecule has 1 heterocycles. The highest BCUT2D eigenvalue weighted by molar-refractivity contribution is 9.10. The molecule has 1 fully saturated rings. The van der Waals surface area contributed by atoms with Crippen LogP contribution in [0.1, 0.15) is 12.0 Å². The molecule has 1 aromatic rings. The highest BCUT2D eigenvalue weighted by Crippen LogP contribution is 2.20. The van der Waals surface area contributed by atoms with Crippen molar-refractivity contribution in [2.75, 3.05) is 32.1 Å². The minimum atomic E-state index is -0.692. The Morgan fingerprint density at radius 1 is 1.46 bits per heavy atom. The number of nitrogens with one attached hydrogen (secondary N) is 2. The van der Waals surface area contributed by atoms with E-state index in [0.717, 1.165) is 10.0 Å². The molecule has 1 atom stereocenters. The second-order valence-corrected chi connectivity index (χ2v) is 6.48. The van der Waals surface area contributed by atoms with Gasteiger partial charge in [0.2, 0.25) is 11.8 Å². The average Bonchev–Trinajstić information content (AvgIpc) is 2.53. The Balaban J connectivity index is 2.02. The average molecular weight is 398 g/mol. The fourth-order valence-corrected chi connectivity index (χ4v) is 3.03. The van der Waals surface area contributed by atoms with E-state index in [2.05, 4.69) is 31.3 Å². The summed E-state index contributed by atoms with van der Waals surface area (Å²) in [6.07, 6.45) is -0.0765. The number of anilines is 1. The van der Waals surface area contributed by atoms with Gasteiger partial charge in [-0.2, -0.15) is 0 Å². The first-order valence-electron chi connectivity index (χ1n) is 7.55. The van der Waals surface area contributed by atoms with Crippen molar-refractivity contribution < 1.29 is 19.1 Å². The number of carbonyl (C=O) groups is 3. The molecule has 2 N–H and O–H groups in total. The van der Waals surface area contributed by atoms with E-state index in [4.69, 9.17) is 0 Å². The summed E-state index contributed by atoms with van der Waals surface area (Å²) in [7, 11) is 1.27. The monoisotopic (exact) mass is 397 g/mol. The van der Waals surface area contributed by atoms with E-state index in [1.165, 1.54) is 7.11 Å². The number of methoxy groups -OCH3 is 1. The maximum Gasteiger partial charge on any atom is 0.307 e. The second kappa shape index (κ2) is 8.25. The van der Waals surface area contributed by atoms with Crippen LogP contribution in [0.2, 0.25) is 0 Å². The summed E-state index contributed by atoms with van der Waals surface area (Å²) in [4.78, 5) is 37.5. The fourth-order valence-electron chi connectivity index (χ4n) is 2.56. The highest BCUT2D eigenvalue weighted by Gasteiger charge is 2.33. The van der Waals surface area contributed by atoms with Crippen LogP contribution in [0.3, 0.4) is 0 Å². The molecular weight excluding hydrogens is 378 g/mol. The molecule has 0 spiro atoms. The summed E-state index contributed by atoms with van der Waals surface area (Å²) in [5.41, 5.74) is 1.65. The SMILES string of the molecule is COC(=O)C[C@@H]1C(=O)NCCN1CC(=O)Nc1ccc(Br)cc1C. The lowest BCUT2D eigenvalue weighted by atomic mass is 10.1. The Kier molecular flexibility index (Phi) is 6.33. The molecule has 0 aromatic heterocycles. The van der Waals surface area contributed by atoms with Gasteiger partial charge in [0.25, 0.3) is 0 Å². The Bertz CT molecular complexity index is 650. The third kappa shape index (κ3) is 4.78. The molecule has 1 aliphatic rings. The lowest BCUT2D eigenvalue weighted by Gasteiger charge is -2.33. The first-order valence-corrected chi connectivity index (χ1v) is 8.34. The fraction of sp³-hybridized carbons (Fsp3) is 0.438. The van der Waals surface area contributed by atoms with Crippen molar-refractivity contribution >= 4 is 39.4 Å². The molecular formula is C16H20BrN3O4. The molecule has 2 rings (SSSR count). The predicted molar refractivity (Wildman–Crippen MR) is 92.5 cm³/mol. The van der Waals surface area contributed by atoms with Crippen LogP contribution in [-0.2, 0) is 19.1 Å². The second-order valence-electron chi connectivity index (χ2n) is 5.56. The van der Waals surface area contributed by atoms with Gasteiger partial charge >= 0.3 is 5.97 Å². The molecule has 1 saturated heterocycles. The first-order chi connectivity index (χ1) is 11.4. The molecule has 0 bridgehead atoms. The molecule has 1 aliphatic heterocycles. The van der Waals surface area contributed by atoms with Gasteiger partial charge in [0, 0.05) is 23.2 Å². The predicted octanol–water partition coefficient (Wildman–Crippen LogP) is 1.06. The third-order valence-corrected chi connectivity index (χ3v) is 4.33. The number of nitrogens with zero attached hydrogens (tertiary/aromatic N) is 1. The van der Waals surface area contributed by atoms with Gasteiger partial charge in [-0.3, -0.25) is 19.3 Å². The van der Waals surface area contributed by atoms with E-state index in [0.29, 0.717) is 18.8 Å². The van der Waals surface area contributed by atoms with E-state index in [9.17, 15) is 14.4 Å². The molecule has 2 amide bonds.